The van der Waals surface area contributed by atoms with Crippen LogP contribution in [0.25, 0.3) is 5.57 Å². The van der Waals surface area contributed by atoms with E-state index in [2.05, 4.69) is 6.08 Å². The van der Waals surface area contributed by atoms with Gasteiger partial charge in [0, 0.05) is 5.41 Å². The summed E-state index contributed by atoms with van der Waals surface area (Å²) in [5.41, 5.74) is 2.80. The normalized spacial score (nSPS) is 17.9. The third-order valence-corrected chi connectivity index (χ3v) is 2.92. The average molecular weight is 242 g/mol. The number of aliphatic hydroxyl groups excluding tert-OH is 2. The van der Waals surface area contributed by atoms with Gasteiger partial charge >= 0.3 is 0 Å². The summed E-state index contributed by atoms with van der Waals surface area (Å²) in [6.07, 6.45) is 7.54. The fourth-order valence-electron chi connectivity index (χ4n) is 2.12. The highest BCUT2D eigenvalue weighted by molar-refractivity contribution is 5.76. The third-order valence-electron chi connectivity index (χ3n) is 2.92. The summed E-state index contributed by atoms with van der Waals surface area (Å²) in [5.74, 6) is 0.282. The van der Waals surface area contributed by atoms with E-state index in [4.69, 9.17) is 0 Å². The van der Waals surface area contributed by atoms with Gasteiger partial charge in [0.05, 0.1) is 6.61 Å². The van der Waals surface area contributed by atoms with Gasteiger partial charge in [-0.3, -0.25) is 0 Å². The average Bonchev–Trinajstić information content (AvgIpc) is 2.47. The molecule has 18 heavy (non-hydrogen) atoms. The van der Waals surface area contributed by atoms with E-state index in [-0.39, 0.29) is 17.8 Å². The van der Waals surface area contributed by atoms with Gasteiger partial charge < -0.3 is 10.2 Å². The largest absolute Gasteiger partial charge is 0.508 e. The Balaban J connectivity index is 2.44. The topological polar surface area (TPSA) is 40.5 Å². The highest BCUT2D eigenvalue weighted by Gasteiger charge is 2.16. The maximum Gasteiger partial charge on any atom is 0.112 e. The van der Waals surface area contributed by atoms with Crippen LogP contribution in [0.2, 0.25) is 0 Å². The number of allylic oxidation sites excluding steroid dienone is 5. The van der Waals surface area contributed by atoms with Crippen LogP contribution in [0.5, 0.6) is 0 Å². The monoisotopic (exact) mass is 242 g/mol. The van der Waals surface area contributed by atoms with Gasteiger partial charge in [-0.15, -0.1) is 0 Å². The minimum absolute atomic E-state index is 0.0394. The number of aliphatic hydroxyl groups is 2. The van der Waals surface area contributed by atoms with E-state index in [0.29, 0.717) is 0 Å². The first-order chi connectivity index (χ1) is 8.50. The highest BCUT2D eigenvalue weighted by Crippen LogP contribution is 2.30. The van der Waals surface area contributed by atoms with Gasteiger partial charge in [-0.05, 0) is 34.9 Å². The van der Waals surface area contributed by atoms with Crippen molar-refractivity contribution in [2.75, 3.05) is 0 Å². The van der Waals surface area contributed by atoms with E-state index >= 15 is 0 Å². The molecule has 2 N–H and O–H groups in total. The fraction of sp³-hybridized carbons (Fsp3) is 0.250. The molecule has 0 aromatic heterocycles. The van der Waals surface area contributed by atoms with E-state index in [1.807, 2.05) is 50.3 Å². The predicted molar refractivity (Wildman–Crippen MR) is 74.0 cm³/mol. The second-order valence-corrected chi connectivity index (χ2v) is 5.18. The van der Waals surface area contributed by atoms with Gasteiger partial charge in [0.2, 0.25) is 0 Å². The van der Waals surface area contributed by atoms with Crippen LogP contribution in [0, 0.1) is 5.41 Å². The number of benzene rings is 1. The minimum Gasteiger partial charge on any atom is -0.508 e. The van der Waals surface area contributed by atoms with Crippen molar-refractivity contribution in [2.45, 2.75) is 20.5 Å². The molecule has 0 aliphatic heterocycles. The van der Waals surface area contributed by atoms with Crippen LogP contribution in [0.15, 0.2) is 54.3 Å². The Hall–Kier alpha value is -1.80. The van der Waals surface area contributed by atoms with Crippen LogP contribution >= 0.6 is 0 Å². The Kier molecular flexibility index (Phi) is 3.39. The molecule has 0 saturated carbocycles. The molecule has 0 saturated heterocycles. The molecule has 1 aliphatic rings. The van der Waals surface area contributed by atoms with Crippen LogP contribution < -0.4 is 0 Å². The lowest BCUT2D eigenvalue weighted by atomic mass is 9.89. The Labute approximate surface area is 108 Å². The van der Waals surface area contributed by atoms with Crippen LogP contribution in [-0.4, -0.2) is 10.2 Å². The van der Waals surface area contributed by atoms with Gasteiger partial charge in [0.25, 0.3) is 0 Å². The van der Waals surface area contributed by atoms with Crippen molar-refractivity contribution in [2.24, 2.45) is 5.41 Å². The molecule has 0 spiro atoms. The van der Waals surface area contributed by atoms with Crippen molar-refractivity contribution in [1.82, 2.24) is 0 Å². The molecule has 0 atom stereocenters. The number of hydrogen-bond acceptors (Lipinski definition) is 2. The highest BCUT2D eigenvalue weighted by atomic mass is 16.3. The van der Waals surface area contributed by atoms with E-state index in [0.717, 1.165) is 16.7 Å². The summed E-state index contributed by atoms with van der Waals surface area (Å²) in [6, 6.07) is 7.80. The lowest BCUT2D eigenvalue weighted by Gasteiger charge is -2.16. The van der Waals surface area contributed by atoms with Gasteiger partial charge in [-0.2, -0.15) is 0 Å². The zero-order chi connectivity index (χ0) is 13.2. The van der Waals surface area contributed by atoms with E-state index in [1.165, 1.54) is 0 Å². The standard InChI is InChI=1S/C16H18O2/c1-16(2)9-14(6-7-15(18)10-16)13-5-3-4-12(8-13)11-17/h3-10,17-18H,11H2,1-2H3. The third kappa shape index (κ3) is 2.90. The Morgan fingerprint density at radius 3 is 2.61 bits per heavy atom. The minimum atomic E-state index is -0.196. The molecule has 1 aliphatic carbocycles. The predicted octanol–water partition coefficient (Wildman–Crippen LogP) is 3.60. The van der Waals surface area contributed by atoms with Crippen molar-refractivity contribution in [1.29, 1.82) is 0 Å². The molecular formula is C16H18O2. The summed E-state index contributed by atoms with van der Waals surface area (Å²) in [4.78, 5) is 0. The van der Waals surface area contributed by atoms with Crippen LogP contribution in [-0.2, 0) is 6.61 Å². The smallest absolute Gasteiger partial charge is 0.112 e. The second-order valence-electron chi connectivity index (χ2n) is 5.18. The SMILES string of the molecule is CC1(C)C=C(O)C=CC(c2cccc(CO)c2)=C1. The van der Waals surface area contributed by atoms with Crippen molar-refractivity contribution >= 4 is 5.57 Å². The Bertz CT molecular complexity index is 534. The quantitative estimate of drug-likeness (QED) is 0.831. The zero-order valence-electron chi connectivity index (χ0n) is 10.7. The zero-order valence-corrected chi connectivity index (χ0v) is 10.7. The molecule has 2 nitrogen and oxygen atoms in total. The lowest BCUT2D eigenvalue weighted by molar-refractivity contribution is 0.282. The Morgan fingerprint density at radius 2 is 1.89 bits per heavy atom. The van der Waals surface area contributed by atoms with Crippen LogP contribution in [0.3, 0.4) is 0 Å². The first-order valence-electron chi connectivity index (χ1n) is 6.03. The Morgan fingerprint density at radius 1 is 1.11 bits per heavy atom. The lowest BCUT2D eigenvalue weighted by Crippen LogP contribution is -2.03. The fourth-order valence-corrected chi connectivity index (χ4v) is 2.12. The molecule has 0 bridgehead atoms. The molecule has 2 heteroatoms. The van der Waals surface area contributed by atoms with Gasteiger partial charge in [-0.25, -0.2) is 0 Å². The molecule has 94 valence electrons. The molecular weight excluding hydrogens is 224 g/mol. The molecule has 1 aromatic rings. The number of hydrogen-bond donors (Lipinski definition) is 2. The summed E-state index contributed by atoms with van der Waals surface area (Å²) < 4.78 is 0. The van der Waals surface area contributed by atoms with Gasteiger partial charge in [0.15, 0.2) is 0 Å². The van der Waals surface area contributed by atoms with Crippen molar-refractivity contribution in [3.63, 3.8) is 0 Å². The summed E-state index contributed by atoms with van der Waals surface area (Å²) in [7, 11) is 0. The first-order valence-corrected chi connectivity index (χ1v) is 6.03. The van der Waals surface area contributed by atoms with Gasteiger partial charge in [0.1, 0.15) is 5.76 Å². The molecule has 2 rings (SSSR count). The van der Waals surface area contributed by atoms with Crippen LogP contribution in [0.4, 0.5) is 0 Å². The van der Waals surface area contributed by atoms with E-state index in [9.17, 15) is 10.2 Å². The molecule has 0 radical (unpaired) electrons. The van der Waals surface area contributed by atoms with Crippen molar-refractivity contribution < 1.29 is 10.2 Å². The van der Waals surface area contributed by atoms with Crippen molar-refractivity contribution in [3.05, 3.63) is 65.5 Å². The maximum absolute atomic E-state index is 9.69. The number of rotatable bonds is 2. The first kappa shape index (κ1) is 12.7. The molecule has 0 heterocycles. The van der Waals surface area contributed by atoms with Gasteiger partial charge in [-0.1, -0.05) is 44.2 Å². The van der Waals surface area contributed by atoms with E-state index in [1.54, 1.807) is 6.08 Å². The molecule has 1 aromatic carbocycles. The molecule has 0 fully saturated rings. The summed E-state index contributed by atoms with van der Waals surface area (Å²) in [5, 5.41) is 18.9. The molecule has 0 amide bonds. The summed E-state index contributed by atoms with van der Waals surface area (Å²) in [6.45, 7) is 4.13. The molecule has 0 unspecified atom stereocenters. The van der Waals surface area contributed by atoms with Crippen LogP contribution in [0.1, 0.15) is 25.0 Å². The van der Waals surface area contributed by atoms with Crippen molar-refractivity contribution in [3.8, 4) is 0 Å². The second kappa shape index (κ2) is 4.83. The summed E-state index contributed by atoms with van der Waals surface area (Å²) >= 11 is 0. The maximum atomic E-state index is 9.69. The van der Waals surface area contributed by atoms with E-state index < -0.39 is 0 Å².